The van der Waals surface area contributed by atoms with Crippen molar-refractivity contribution in [2.75, 3.05) is 145 Å². The smallest absolute Gasteiger partial charge is 0.241 e. The molecule has 0 radical (unpaired) electrons. The minimum Gasteiger partial charge on any atom is -0.376 e. The third kappa shape index (κ3) is 25.3. The number of carbonyl (C=O) groups excluding carboxylic acids is 1. The number of H-pyrrole nitrogens is 2. The van der Waals surface area contributed by atoms with Crippen molar-refractivity contribution in [3.63, 3.8) is 0 Å². The van der Waals surface area contributed by atoms with Crippen molar-refractivity contribution in [1.82, 2.24) is 110 Å². The fraction of sp³-hybridized carbons (Fsp3) is 0.536. The molecule has 5 aliphatic rings. The minimum atomic E-state index is -1.10. The second kappa shape index (κ2) is 43.3. The highest BCUT2D eigenvalue weighted by atomic mass is 35.5. The number of anilines is 5. The first kappa shape index (κ1) is 88.4. The van der Waals surface area contributed by atoms with Crippen molar-refractivity contribution >= 4 is 118 Å². The van der Waals surface area contributed by atoms with Crippen LogP contribution in [0.25, 0.3) is 44.1 Å². The van der Waals surface area contributed by atoms with E-state index in [0.717, 1.165) is 164 Å². The highest BCUT2D eigenvalue weighted by molar-refractivity contribution is 6.76. The lowest BCUT2D eigenvalue weighted by atomic mass is 10.0. The number of ether oxygens (including phenoxy) is 2. The number of rotatable bonds is 26. The number of likely N-dealkylation sites (tertiary alicyclic amines) is 3. The Kier molecular flexibility index (Phi) is 32.4. The summed E-state index contributed by atoms with van der Waals surface area (Å²) in [6.07, 6.45) is 25.4. The van der Waals surface area contributed by atoms with Crippen LogP contribution < -0.4 is 40.9 Å². The van der Waals surface area contributed by atoms with Gasteiger partial charge in [0.05, 0.1) is 52.9 Å². The maximum absolute atomic E-state index is 12.8. The van der Waals surface area contributed by atoms with Crippen LogP contribution in [0.1, 0.15) is 75.3 Å². The Morgan fingerprint density at radius 1 is 0.508 bits per heavy atom. The lowest BCUT2D eigenvalue weighted by molar-refractivity contribution is -0.130. The van der Waals surface area contributed by atoms with Gasteiger partial charge in [-0.15, -0.1) is 0 Å². The monoisotopic (exact) mass is 1680 g/mol. The van der Waals surface area contributed by atoms with E-state index < -0.39 is 16.1 Å². The molecule has 6 N–H and O–H groups in total. The molecule has 3 aromatic carbocycles. The van der Waals surface area contributed by atoms with E-state index in [1.165, 1.54) is 81.9 Å². The summed E-state index contributed by atoms with van der Waals surface area (Å²) in [5.41, 5.74) is 6.70. The molecule has 11 aromatic rings. The third-order valence-electron chi connectivity index (χ3n) is 22.7. The SMILES string of the molecule is CN(c1ncnc2[nH]ncc12)[C@H]1CCCN(C(=O)CNc2cc(Cl)cc(Cl)c2)C1.CN(c1ncnc2[nH]ncc12)[C@H]1CCCNC1.CN(c1ncnc2c1cnn2COCC[Si](C)(C)C)[C@H]1CCCN(Cc2ccccc2)C1.CN(c1ncnc2c1cnn2COCC[Si](C)(C)C)[C@H]1CCCNC1.CN[C@H]1CCCN(Cc2ccccc2)C1. The number of aromatic amines is 2. The Bertz CT molecular complexity index is 4840. The van der Waals surface area contributed by atoms with Crippen molar-refractivity contribution in [3.05, 3.63) is 150 Å². The van der Waals surface area contributed by atoms with E-state index in [2.05, 4.69) is 249 Å². The van der Waals surface area contributed by atoms with Crippen LogP contribution in [0.15, 0.2) is 129 Å². The second-order valence-corrected chi connectivity index (χ2v) is 46.1. The van der Waals surface area contributed by atoms with Gasteiger partial charge in [0, 0.05) is 156 Å². The van der Waals surface area contributed by atoms with Gasteiger partial charge in [-0.2, -0.15) is 20.4 Å². The largest absolute Gasteiger partial charge is 0.376 e. The molecule has 5 saturated heterocycles. The number of aromatic nitrogens is 16. The number of hydrogen-bond acceptors (Lipinski definition) is 25. The third-order valence-corrected chi connectivity index (χ3v) is 26.6. The molecule has 0 spiro atoms. The topological polar surface area (TPSA) is 302 Å². The summed E-state index contributed by atoms with van der Waals surface area (Å²) in [5.74, 6) is 3.71. The van der Waals surface area contributed by atoms with Crippen LogP contribution in [0.2, 0.25) is 61.4 Å². The van der Waals surface area contributed by atoms with Gasteiger partial charge in [-0.3, -0.25) is 24.8 Å². The number of fused-ring (bicyclic) bond motifs is 4. The number of carbonyl (C=O) groups is 1. The Hall–Kier alpha value is -8.94. The van der Waals surface area contributed by atoms with Crippen molar-refractivity contribution in [1.29, 1.82) is 0 Å². The lowest BCUT2D eigenvalue weighted by Gasteiger charge is -2.38. The number of nitrogens with one attached hydrogen (secondary N) is 6. The molecule has 1 amide bonds. The first-order valence-corrected chi connectivity index (χ1v) is 50.1. The highest BCUT2D eigenvalue weighted by Gasteiger charge is 2.31. The molecule has 30 nitrogen and oxygen atoms in total. The van der Waals surface area contributed by atoms with Crippen LogP contribution in [0.5, 0.6) is 0 Å². The number of piperidine rings is 5. The van der Waals surface area contributed by atoms with Crippen LogP contribution in [-0.4, -0.2) is 267 Å². The van der Waals surface area contributed by atoms with Gasteiger partial charge < -0.3 is 55.2 Å². The predicted molar refractivity (Wildman–Crippen MR) is 481 cm³/mol. The van der Waals surface area contributed by atoms with E-state index in [-0.39, 0.29) is 18.5 Å². The molecule has 13 heterocycles. The zero-order valence-electron chi connectivity index (χ0n) is 70.9. The summed E-state index contributed by atoms with van der Waals surface area (Å²) in [6.45, 7) is 29.1. The van der Waals surface area contributed by atoms with Crippen molar-refractivity contribution < 1.29 is 14.3 Å². The van der Waals surface area contributed by atoms with Gasteiger partial charge in [-0.25, -0.2) is 49.2 Å². The zero-order chi connectivity index (χ0) is 83.0. The Labute approximate surface area is 706 Å². The van der Waals surface area contributed by atoms with E-state index in [1.807, 2.05) is 33.7 Å². The Morgan fingerprint density at radius 3 is 1.41 bits per heavy atom. The molecule has 118 heavy (non-hydrogen) atoms. The fourth-order valence-electron chi connectivity index (χ4n) is 15.7. The predicted octanol–water partition coefficient (Wildman–Crippen LogP) is 12.2. The molecule has 0 bridgehead atoms. The standard InChI is InChI=1S/C24H36N6OSi.C19H21Cl2N7O.C17H30N6OSi.C13H20N2.C11H16N6/c1-28(21-11-8-12-29(17-21)16-20-9-6-5-7-10-20)23-22-15-27-30(24(22)26-18-25-23)19-31-13-14-32(2,3)4;1-27(19-16-8-25-26-18(16)23-11-24-19)15-3-2-4-28(10-15)17(29)9-22-14-6-12(20)5-13(21)7-14;1-22(14-6-5-7-18-10-14)16-15-11-21-23(17(15)20-12-19-16)13-24-8-9-25(2,3)4;1-14-13-8-5-9-15(11-13)10-12-6-3-2-4-7-12;1-17(8-3-2-4-12-5-8)11-9-6-15-16-10(9)13-7-14-11/h5-7,9-10,15,18,21H,8,11-14,16-17,19H2,1-4H3;5-8,11,15,22H,2-4,9-10H2,1H3,(H,23,24,25,26);11-12,14,18H,5-10,13H2,1-4H3;2-4,6-7,13-14H,5,8-11H2,1H3;6-8,12H,2-5H2,1H3,(H,13,14,15,16)/t21-;15-;14-;13-;8-/m00000/s1. The Balaban J connectivity index is 0.000000139. The molecule has 16 rings (SSSR count). The average Bonchev–Trinajstić information content (AvgIpc) is 1.62. The number of benzene rings is 3. The molecule has 5 aliphatic heterocycles. The molecule has 5 fully saturated rings. The van der Waals surface area contributed by atoms with Crippen molar-refractivity contribution in [3.8, 4) is 0 Å². The van der Waals surface area contributed by atoms with E-state index in [1.54, 1.807) is 49.6 Å². The molecular formula is C84H123Cl2N27O3Si2. The van der Waals surface area contributed by atoms with Gasteiger partial charge >= 0.3 is 0 Å². The molecular weight excluding hydrogens is 1560 g/mol. The first-order chi connectivity index (χ1) is 57.1. The summed E-state index contributed by atoms with van der Waals surface area (Å²) in [5, 5.41) is 41.1. The summed E-state index contributed by atoms with van der Waals surface area (Å²) < 4.78 is 15.4. The number of hydrogen-bond donors (Lipinski definition) is 6. The average molecular weight is 1690 g/mol. The molecule has 5 atom stereocenters. The summed E-state index contributed by atoms with van der Waals surface area (Å²) >= 11 is 12.0. The number of amides is 1. The summed E-state index contributed by atoms with van der Waals surface area (Å²) in [7, 11) is 8.25. The van der Waals surface area contributed by atoms with E-state index in [0.29, 0.717) is 59.9 Å². The quantitative estimate of drug-likeness (QED) is 0.0217. The van der Waals surface area contributed by atoms with Crippen LogP contribution in [-0.2, 0) is 40.8 Å². The van der Waals surface area contributed by atoms with E-state index >= 15 is 0 Å². The number of nitrogens with zero attached hydrogens (tertiary/aromatic N) is 21. The van der Waals surface area contributed by atoms with Gasteiger partial charge in [0.25, 0.3) is 0 Å². The second-order valence-electron chi connectivity index (χ2n) is 34.0. The molecule has 0 unspecified atom stereocenters. The molecule has 8 aromatic heterocycles. The number of halogens is 2. The van der Waals surface area contributed by atoms with Gasteiger partial charge in [-0.05, 0) is 139 Å². The highest BCUT2D eigenvalue weighted by Crippen LogP contribution is 2.32. The molecule has 634 valence electrons. The maximum Gasteiger partial charge on any atom is 0.241 e. The fourth-order valence-corrected chi connectivity index (χ4v) is 17.7. The molecule has 34 heteroatoms. The molecule has 0 saturated carbocycles. The van der Waals surface area contributed by atoms with Crippen LogP contribution in [0, 0.1) is 0 Å². The number of likely N-dealkylation sites (N-methyl/N-ethyl adjacent to an activating group) is 5. The summed E-state index contributed by atoms with van der Waals surface area (Å²) in [6, 6.07) is 31.2. The van der Waals surface area contributed by atoms with E-state index in [9.17, 15) is 4.79 Å². The van der Waals surface area contributed by atoms with Gasteiger partial charge in [0.2, 0.25) is 5.91 Å². The minimum absolute atomic E-state index is 0.0374. The zero-order valence-corrected chi connectivity index (χ0v) is 74.4. The Morgan fingerprint density at radius 2 is 0.941 bits per heavy atom. The maximum atomic E-state index is 12.8. The normalized spacial score (nSPS) is 18.8. The first-order valence-electron chi connectivity index (χ1n) is 41.9. The van der Waals surface area contributed by atoms with Crippen LogP contribution >= 0.6 is 23.2 Å². The van der Waals surface area contributed by atoms with Crippen LogP contribution in [0.4, 0.5) is 29.0 Å². The van der Waals surface area contributed by atoms with Gasteiger partial charge in [0.15, 0.2) is 22.6 Å². The van der Waals surface area contributed by atoms with E-state index in [4.69, 9.17) is 32.7 Å². The summed E-state index contributed by atoms with van der Waals surface area (Å²) in [4.78, 5) is 63.9. The van der Waals surface area contributed by atoms with Gasteiger partial charge in [-0.1, -0.05) is 123 Å². The van der Waals surface area contributed by atoms with Crippen LogP contribution in [0.3, 0.4) is 0 Å². The molecule has 0 aliphatic carbocycles. The van der Waals surface area contributed by atoms with Gasteiger partial charge in [0.1, 0.15) is 62.0 Å². The lowest BCUT2D eigenvalue weighted by Crippen LogP contribution is -2.50. The van der Waals surface area contributed by atoms with Crippen molar-refractivity contribution in [2.24, 2.45) is 0 Å². The van der Waals surface area contributed by atoms with Crippen molar-refractivity contribution in [2.45, 2.75) is 172 Å².